The first-order chi connectivity index (χ1) is 9.47. The lowest BCUT2D eigenvalue weighted by atomic mass is 10.2. The lowest BCUT2D eigenvalue weighted by molar-refractivity contribution is 0.0690. The van der Waals surface area contributed by atoms with Crippen LogP contribution in [-0.2, 0) is 0 Å². The number of carbonyl (C=O) groups excluding carboxylic acids is 1. The van der Waals surface area contributed by atoms with E-state index in [9.17, 15) is 14.7 Å². The minimum Gasteiger partial charge on any atom is -0.507 e. The number of aromatic hydroxyl groups is 1. The van der Waals surface area contributed by atoms with Gasteiger partial charge in [0.15, 0.2) is 0 Å². The summed E-state index contributed by atoms with van der Waals surface area (Å²) >= 11 is 5.75. The largest absolute Gasteiger partial charge is 0.507 e. The van der Waals surface area contributed by atoms with Crippen LogP contribution >= 0.6 is 11.6 Å². The van der Waals surface area contributed by atoms with Gasteiger partial charge < -0.3 is 15.5 Å². The number of nitrogens with one attached hydrogen (secondary N) is 1. The van der Waals surface area contributed by atoms with Gasteiger partial charge in [-0.25, -0.2) is 9.78 Å². The number of hydrogen-bond donors (Lipinski definition) is 3. The number of nitrogens with zero attached hydrogens (tertiary/aromatic N) is 1. The molecule has 0 spiro atoms. The molecule has 1 heterocycles. The summed E-state index contributed by atoms with van der Waals surface area (Å²) in [6, 6.07) is 6.75. The summed E-state index contributed by atoms with van der Waals surface area (Å²) in [6.45, 7) is 0. The molecule has 0 aliphatic rings. The summed E-state index contributed by atoms with van der Waals surface area (Å²) in [7, 11) is 0. The highest BCUT2D eigenvalue weighted by Crippen LogP contribution is 2.22. The molecule has 7 heteroatoms. The molecule has 0 saturated carbocycles. The Labute approximate surface area is 118 Å². The van der Waals surface area contributed by atoms with Crippen molar-refractivity contribution >= 4 is 29.2 Å². The summed E-state index contributed by atoms with van der Waals surface area (Å²) in [5.74, 6) is -1.94. The number of carboxylic acid groups (broad SMARTS) is 1. The molecule has 102 valence electrons. The van der Waals surface area contributed by atoms with Crippen molar-refractivity contribution < 1.29 is 19.8 Å². The number of aromatic carboxylic acids is 1. The summed E-state index contributed by atoms with van der Waals surface area (Å²) in [5.41, 5.74) is 0.188. The number of pyridine rings is 1. The van der Waals surface area contributed by atoms with Gasteiger partial charge >= 0.3 is 5.97 Å². The summed E-state index contributed by atoms with van der Waals surface area (Å²) < 4.78 is 0. The first-order valence-electron chi connectivity index (χ1n) is 5.46. The average Bonchev–Trinajstić information content (AvgIpc) is 2.42. The highest BCUT2D eigenvalue weighted by Gasteiger charge is 2.12. The van der Waals surface area contributed by atoms with Crippen LogP contribution < -0.4 is 5.32 Å². The Balaban J connectivity index is 2.19. The number of rotatable bonds is 3. The fourth-order valence-electron chi connectivity index (χ4n) is 1.48. The van der Waals surface area contributed by atoms with Gasteiger partial charge in [0.05, 0.1) is 17.4 Å². The minimum atomic E-state index is -1.16. The van der Waals surface area contributed by atoms with Crippen molar-refractivity contribution in [2.45, 2.75) is 0 Å². The van der Waals surface area contributed by atoms with Crippen LogP contribution in [0, 0.1) is 0 Å². The van der Waals surface area contributed by atoms with E-state index in [1.54, 1.807) is 0 Å². The van der Waals surface area contributed by atoms with Crippen LogP contribution in [0.25, 0.3) is 0 Å². The normalized spacial score (nSPS) is 10.1. The van der Waals surface area contributed by atoms with Crippen molar-refractivity contribution in [2.75, 3.05) is 5.32 Å². The van der Waals surface area contributed by atoms with Crippen molar-refractivity contribution in [3.63, 3.8) is 0 Å². The third-order valence-corrected chi connectivity index (χ3v) is 2.68. The molecule has 0 unspecified atom stereocenters. The van der Waals surface area contributed by atoms with Gasteiger partial charge in [-0.15, -0.1) is 0 Å². The van der Waals surface area contributed by atoms with Crippen LogP contribution in [0.3, 0.4) is 0 Å². The Morgan fingerprint density at radius 3 is 2.55 bits per heavy atom. The third kappa shape index (κ3) is 3.04. The molecule has 1 amide bonds. The smallest absolute Gasteiger partial charge is 0.354 e. The Morgan fingerprint density at radius 2 is 1.95 bits per heavy atom. The fraction of sp³-hybridized carbons (Fsp3) is 0. The van der Waals surface area contributed by atoms with Gasteiger partial charge in [0.1, 0.15) is 11.4 Å². The van der Waals surface area contributed by atoms with Crippen LogP contribution in [0.2, 0.25) is 5.02 Å². The van der Waals surface area contributed by atoms with E-state index in [1.807, 2.05) is 0 Å². The lowest BCUT2D eigenvalue weighted by Crippen LogP contribution is -2.12. The number of anilines is 1. The number of phenolic OH excluding ortho intramolecular Hbond substituents is 1. The van der Waals surface area contributed by atoms with Gasteiger partial charge in [0.25, 0.3) is 5.91 Å². The van der Waals surface area contributed by atoms with Gasteiger partial charge in [-0.3, -0.25) is 4.79 Å². The average molecular weight is 293 g/mol. The lowest BCUT2D eigenvalue weighted by Gasteiger charge is -2.07. The molecule has 20 heavy (non-hydrogen) atoms. The van der Waals surface area contributed by atoms with Gasteiger partial charge in [-0.1, -0.05) is 11.6 Å². The molecular formula is C13H9ClN2O4. The van der Waals surface area contributed by atoms with E-state index < -0.39 is 11.9 Å². The van der Waals surface area contributed by atoms with Gasteiger partial charge in [-0.05, 0) is 30.3 Å². The molecule has 0 aliphatic heterocycles. The highest BCUT2D eigenvalue weighted by atomic mass is 35.5. The summed E-state index contributed by atoms with van der Waals surface area (Å²) in [6.07, 6.45) is 1.21. The molecule has 6 nitrogen and oxygen atoms in total. The Hall–Kier alpha value is -2.60. The van der Waals surface area contributed by atoms with E-state index in [-0.39, 0.29) is 17.0 Å². The molecule has 0 atom stereocenters. The maximum Gasteiger partial charge on any atom is 0.354 e. The molecule has 1 aromatic carbocycles. The number of halogens is 1. The molecule has 3 N–H and O–H groups in total. The maximum absolute atomic E-state index is 11.9. The fourth-order valence-corrected chi connectivity index (χ4v) is 1.65. The van der Waals surface area contributed by atoms with E-state index in [4.69, 9.17) is 16.7 Å². The topological polar surface area (TPSA) is 99.5 Å². The zero-order valence-corrected chi connectivity index (χ0v) is 10.8. The predicted molar refractivity (Wildman–Crippen MR) is 72.3 cm³/mol. The predicted octanol–water partition coefficient (Wildman–Crippen LogP) is 2.39. The van der Waals surface area contributed by atoms with Crippen molar-refractivity contribution in [2.24, 2.45) is 0 Å². The Bertz CT molecular complexity index is 671. The van der Waals surface area contributed by atoms with Crippen LogP contribution in [0.15, 0.2) is 36.5 Å². The third-order valence-electron chi connectivity index (χ3n) is 2.44. The highest BCUT2D eigenvalue weighted by molar-refractivity contribution is 6.31. The Morgan fingerprint density at radius 1 is 1.20 bits per heavy atom. The zero-order valence-electron chi connectivity index (χ0n) is 10.0. The van der Waals surface area contributed by atoms with E-state index in [0.29, 0.717) is 10.7 Å². The van der Waals surface area contributed by atoms with Crippen molar-refractivity contribution in [1.82, 2.24) is 4.98 Å². The van der Waals surface area contributed by atoms with Crippen molar-refractivity contribution in [3.05, 3.63) is 52.8 Å². The number of phenols is 1. The van der Waals surface area contributed by atoms with E-state index >= 15 is 0 Å². The molecule has 1 aromatic heterocycles. The van der Waals surface area contributed by atoms with Crippen LogP contribution in [0.4, 0.5) is 5.69 Å². The molecule has 0 saturated heterocycles. The number of aromatic nitrogens is 1. The van der Waals surface area contributed by atoms with Crippen LogP contribution in [0.5, 0.6) is 5.75 Å². The maximum atomic E-state index is 11.9. The molecule has 0 fully saturated rings. The first kappa shape index (κ1) is 13.8. The summed E-state index contributed by atoms with van der Waals surface area (Å²) in [5, 5.41) is 21.1. The quantitative estimate of drug-likeness (QED) is 0.806. The van der Waals surface area contributed by atoms with Gasteiger partial charge in [0.2, 0.25) is 0 Å². The number of benzene rings is 1. The van der Waals surface area contributed by atoms with Gasteiger partial charge in [-0.2, -0.15) is 0 Å². The molecule has 0 aliphatic carbocycles. The number of carbonyl (C=O) groups is 2. The van der Waals surface area contributed by atoms with Crippen molar-refractivity contribution in [1.29, 1.82) is 0 Å². The molecular weight excluding hydrogens is 284 g/mol. The van der Waals surface area contributed by atoms with Gasteiger partial charge in [0, 0.05) is 5.02 Å². The zero-order chi connectivity index (χ0) is 14.7. The second-order valence-electron chi connectivity index (χ2n) is 3.85. The number of hydrogen-bond acceptors (Lipinski definition) is 4. The van der Waals surface area contributed by atoms with E-state index in [2.05, 4.69) is 10.3 Å². The SMILES string of the molecule is O=C(O)c1ccc(NC(=O)c2cc(Cl)ccc2O)cn1. The standard InChI is InChI=1S/C13H9ClN2O4/c14-7-1-4-11(17)9(5-7)12(18)16-8-2-3-10(13(19)20)15-6-8/h1-6,17H,(H,16,18)(H,19,20). The van der Waals surface area contributed by atoms with Crippen LogP contribution in [-0.4, -0.2) is 27.1 Å². The number of amides is 1. The molecule has 2 aromatic rings. The minimum absolute atomic E-state index is 0.0137. The summed E-state index contributed by atoms with van der Waals surface area (Å²) in [4.78, 5) is 26.2. The van der Waals surface area contributed by atoms with E-state index in [1.165, 1.54) is 36.5 Å². The molecule has 0 radical (unpaired) electrons. The van der Waals surface area contributed by atoms with Crippen LogP contribution in [0.1, 0.15) is 20.8 Å². The first-order valence-corrected chi connectivity index (χ1v) is 5.84. The number of carboxylic acids is 1. The Kier molecular flexibility index (Phi) is 3.86. The molecule has 0 bridgehead atoms. The molecule has 2 rings (SSSR count). The van der Waals surface area contributed by atoms with E-state index in [0.717, 1.165) is 0 Å². The second kappa shape index (κ2) is 5.58. The van der Waals surface area contributed by atoms with Crippen molar-refractivity contribution in [3.8, 4) is 5.75 Å². The monoisotopic (exact) mass is 292 g/mol. The second-order valence-corrected chi connectivity index (χ2v) is 4.29.